The molecule has 21 heavy (non-hydrogen) atoms. The van der Waals surface area contributed by atoms with Gasteiger partial charge in [0.05, 0.1) is 12.1 Å². The maximum absolute atomic E-state index is 6.11. The Bertz CT molecular complexity index is 624. The molecule has 0 aliphatic rings. The van der Waals surface area contributed by atoms with E-state index in [-0.39, 0.29) is 0 Å². The number of aromatic nitrogens is 2. The van der Waals surface area contributed by atoms with E-state index in [4.69, 9.17) is 16.3 Å². The first-order valence-electron chi connectivity index (χ1n) is 6.50. The molecule has 5 nitrogen and oxygen atoms in total. The molecule has 0 unspecified atom stereocenters. The highest BCUT2D eigenvalue weighted by Gasteiger charge is 2.09. The van der Waals surface area contributed by atoms with Crippen LogP contribution in [0.15, 0.2) is 29.0 Å². The van der Waals surface area contributed by atoms with Gasteiger partial charge in [-0.1, -0.05) is 18.5 Å². The van der Waals surface area contributed by atoms with Crippen molar-refractivity contribution < 1.29 is 4.74 Å². The first-order valence-corrected chi connectivity index (χ1v) is 7.67. The fourth-order valence-electron chi connectivity index (χ4n) is 1.70. The van der Waals surface area contributed by atoms with Gasteiger partial charge >= 0.3 is 0 Å². The number of ether oxygens (including phenoxy) is 1. The molecule has 0 aliphatic carbocycles. The molecule has 7 heteroatoms. The van der Waals surface area contributed by atoms with Gasteiger partial charge in [0.15, 0.2) is 0 Å². The molecule has 1 heterocycles. The van der Waals surface area contributed by atoms with Crippen molar-refractivity contribution in [1.29, 1.82) is 0 Å². The Kier molecular flexibility index (Phi) is 5.64. The Hall–Kier alpha value is -1.53. The fraction of sp³-hybridized carbons (Fsp3) is 0.286. The molecule has 2 aromatic rings. The zero-order valence-corrected chi connectivity index (χ0v) is 14.1. The normalized spacial score (nSPS) is 10.3. The number of nitrogens with zero attached hydrogens (tertiary/aromatic N) is 2. The van der Waals surface area contributed by atoms with Crippen LogP contribution < -0.4 is 15.4 Å². The minimum Gasteiger partial charge on any atom is -0.495 e. The van der Waals surface area contributed by atoms with Gasteiger partial charge in [0.1, 0.15) is 28.2 Å². The van der Waals surface area contributed by atoms with E-state index >= 15 is 0 Å². The minimum absolute atomic E-state index is 0.539. The number of hydrogen-bond acceptors (Lipinski definition) is 5. The molecular formula is C14H16BrClN4O. The van der Waals surface area contributed by atoms with Crippen molar-refractivity contribution in [2.45, 2.75) is 13.3 Å². The summed E-state index contributed by atoms with van der Waals surface area (Å²) in [6.45, 7) is 2.95. The molecule has 0 atom stereocenters. The third-order valence-electron chi connectivity index (χ3n) is 2.75. The quantitative estimate of drug-likeness (QED) is 0.784. The molecule has 0 spiro atoms. The van der Waals surface area contributed by atoms with Crippen LogP contribution >= 0.6 is 27.5 Å². The lowest BCUT2D eigenvalue weighted by Gasteiger charge is -2.12. The number of benzene rings is 1. The van der Waals surface area contributed by atoms with Crippen molar-refractivity contribution in [3.63, 3.8) is 0 Å². The molecule has 2 rings (SSSR count). The smallest absolute Gasteiger partial charge is 0.150 e. The van der Waals surface area contributed by atoms with Crippen molar-refractivity contribution in [2.24, 2.45) is 0 Å². The van der Waals surface area contributed by atoms with Gasteiger partial charge in [-0.05, 0) is 40.5 Å². The lowest BCUT2D eigenvalue weighted by Crippen LogP contribution is -2.05. The lowest BCUT2D eigenvalue weighted by molar-refractivity contribution is 0.415. The van der Waals surface area contributed by atoms with Crippen molar-refractivity contribution in [2.75, 3.05) is 24.3 Å². The first-order chi connectivity index (χ1) is 10.2. The van der Waals surface area contributed by atoms with Crippen LogP contribution in [-0.4, -0.2) is 23.6 Å². The van der Waals surface area contributed by atoms with Crippen LogP contribution in [0, 0.1) is 0 Å². The van der Waals surface area contributed by atoms with Crippen molar-refractivity contribution in [3.8, 4) is 5.75 Å². The summed E-state index contributed by atoms with van der Waals surface area (Å²) in [5.41, 5.74) is 0.821. The minimum atomic E-state index is 0.539. The van der Waals surface area contributed by atoms with E-state index in [1.165, 1.54) is 6.33 Å². The predicted molar refractivity (Wildman–Crippen MR) is 89.8 cm³/mol. The molecule has 0 aliphatic heterocycles. The van der Waals surface area contributed by atoms with E-state index < -0.39 is 0 Å². The Balaban J connectivity index is 2.21. The molecule has 0 bridgehead atoms. The van der Waals surface area contributed by atoms with Gasteiger partial charge in [0.25, 0.3) is 0 Å². The second-order valence-electron chi connectivity index (χ2n) is 4.29. The van der Waals surface area contributed by atoms with Crippen LogP contribution in [0.5, 0.6) is 5.75 Å². The number of nitrogens with one attached hydrogen (secondary N) is 2. The van der Waals surface area contributed by atoms with E-state index in [1.54, 1.807) is 19.2 Å². The Morgan fingerprint density at radius 2 is 2.05 bits per heavy atom. The molecule has 0 saturated heterocycles. The standard InChI is InChI=1S/C14H16BrClN4O/c1-3-6-17-13-12(15)14(19-8-18-13)20-9-4-5-11(21-2)10(16)7-9/h4-5,7-8H,3,6H2,1-2H3,(H2,17,18,19,20). The SMILES string of the molecule is CCCNc1ncnc(Nc2ccc(OC)c(Cl)c2)c1Br. The third kappa shape index (κ3) is 3.98. The van der Waals surface area contributed by atoms with Crippen molar-refractivity contribution >= 4 is 44.9 Å². The molecule has 112 valence electrons. The van der Waals surface area contributed by atoms with Crippen molar-refractivity contribution in [3.05, 3.63) is 34.0 Å². The van der Waals surface area contributed by atoms with Gasteiger partial charge in [0.2, 0.25) is 0 Å². The second kappa shape index (κ2) is 7.47. The van der Waals surface area contributed by atoms with E-state index in [1.807, 2.05) is 6.07 Å². The monoisotopic (exact) mass is 370 g/mol. The molecule has 0 amide bonds. The maximum atomic E-state index is 6.11. The van der Waals surface area contributed by atoms with Crippen LogP contribution in [0.1, 0.15) is 13.3 Å². The van der Waals surface area contributed by atoms with Gasteiger partial charge in [-0.2, -0.15) is 0 Å². The summed E-state index contributed by atoms with van der Waals surface area (Å²) >= 11 is 9.62. The summed E-state index contributed by atoms with van der Waals surface area (Å²) < 4.78 is 5.92. The zero-order chi connectivity index (χ0) is 15.2. The molecule has 2 N–H and O–H groups in total. The summed E-state index contributed by atoms with van der Waals surface area (Å²) in [6, 6.07) is 5.46. The summed E-state index contributed by atoms with van der Waals surface area (Å²) in [7, 11) is 1.58. The highest BCUT2D eigenvalue weighted by atomic mass is 79.9. The van der Waals surface area contributed by atoms with Gasteiger partial charge in [0, 0.05) is 12.2 Å². The molecule has 0 fully saturated rings. The van der Waals surface area contributed by atoms with Gasteiger partial charge in [-0.25, -0.2) is 9.97 Å². The van der Waals surface area contributed by atoms with Crippen LogP contribution in [-0.2, 0) is 0 Å². The molecule has 1 aromatic heterocycles. The zero-order valence-electron chi connectivity index (χ0n) is 11.8. The Labute approximate surface area is 137 Å². The topological polar surface area (TPSA) is 59.1 Å². The average molecular weight is 372 g/mol. The number of halogens is 2. The van der Waals surface area contributed by atoms with Crippen LogP contribution in [0.25, 0.3) is 0 Å². The summed E-state index contributed by atoms with van der Waals surface area (Å²) in [5.74, 6) is 2.06. The number of rotatable bonds is 6. The van der Waals surface area contributed by atoms with E-state index in [0.717, 1.165) is 28.9 Å². The molecule has 0 saturated carbocycles. The Morgan fingerprint density at radius 1 is 1.29 bits per heavy atom. The van der Waals surface area contributed by atoms with Gasteiger partial charge in [-0.15, -0.1) is 0 Å². The summed E-state index contributed by atoms with van der Waals surface area (Å²) in [6.07, 6.45) is 2.53. The predicted octanol–water partition coefficient (Wildman–Crippen LogP) is 4.47. The van der Waals surface area contributed by atoms with Crippen LogP contribution in [0.4, 0.5) is 17.3 Å². The highest BCUT2D eigenvalue weighted by molar-refractivity contribution is 9.10. The summed E-state index contributed by atoms with van der Waals surface area (Å²) in [4.78, 5) is 8.44. The van der Waals surface area contributed by atoms with Crippen LogP contribution in [0.2, 0.25) is 5.02 Å². The number of hydrogen-bond donors (Lipinski definition) is 2. The van der Waals surface area contributed by atoms with Crippen LogP contribution in [0.3, 0.4) is 0 Å². The summed E-state index contributed by atoms with van der Waals surface area (Å²) in [5, 5.41) is 6.98. The first kappa shape index (κ1) is 15.9. The van der Waals surface area contributed by atoms with Crippen molar-refractivity contribution in [1.82, 2.24) is 9.97 Å². The van der Waals surface area contributed by atoms with Gasteiger partial charge in [-0.3, -0.25) is 0 Å². The molecular weight excluding hydrogens is 356 g/mol. The van der Waals surface area contributed by atoms with E-state index in [0.29, 0.717) is 16.6 Å². The molecule has 1 aromatic carbocycles. The number of anilines is 3. The van der Waals surface area contributed by atoms with E-state index in [2.05, 4.69) is 43.5 Å². The van der Waals surface area contributed by atoms with Gasteiger partial charge < -0.3 is 15.4 Å². The Morgan fingerprint density at radius 3 is 2.71 bits per heavy atom. The highest BCUT2D eigenvalue weighted by Crippen LogP contribution is 2.32. The maximum Gasteiger partial charge on any atom is 0.150 e. The fourth-order valence-corrected chi connectivity index (χ4v) is 2.41. The van der Waals surface area contributed by atoms with E-state index in [9.17, 15) is 0 Å². The lowest BCUT2D eigenvalue weighted by atomic mass is 10.3. The number of methoxy groups -OCH3 is 1. The average Bonchev–Trinajstić information content (AvgIpc) is 2.48. The third-order valence-corrected chi connectivity index (χ3v) is 3.79. The molecule has 0 radical (unpaired) electrons. The largest absolute Gasteiger partial charge is 0.495 e. The second-order valence-corrected chi connectivity index (χ2v) is 5.49.